The number of fused-ring (bicyclic) bond motifs is 1. The van der Waals surface area contributed by atoms with E-state index in [0.717, 1.165) is 12.8 Å². The number of amides is 2. The van der Waals surface area contributed by atoms with Gasteiger partial charge in [0.25, 0.3) is 5.91 Å². The first kappa shape index (κ1) is 19.6. The van der Waals surface area contributed by atoms with Crippen LogP contribution in [0.4, 0.5) is 11.4 Å². The summed E-state index contributed by atoms with van der Waals surface area (Å²) >= 11 is 0. The Morgan fingerprint density at radius 3 is 2.55 bits per heavy atom. The molecule has 29 heavy (non-hydrogen) atoms. The van der Waals surface area contributed by atoms with Crippen molar-refractivity contribution in [2.75, 3.05) is 29.9 Å². The summed E-state index contributed by atoms with van der Waals surface area (Å²) in [5, 5.41) is 2.75. The molecular weight excluding hydrogens is 390 g/mol. The quantitative estimate of drug-likeness (QED) is 0.838. The van der Waals surface area contributed by atoms with E-state index < -0.39 is 10.0 Å². The van der Waals surface area contributed by atoms with Crippen molar-refractivity contribution in [3.63, 3.8) is 0 Å². The van der Waals surface area contributed by atoms with Crippen LogP contribution in [0.1, 0.15) is 30.1 Å². The number of piperidine rings is 1. The maximum absolute atomic E-state index is 13.0. The number of nitrogens with zero attached hydrogens (tertiary/aromatic N) is 2. The Labute approximate surface area is 170 Å². The normalized spacial score (nSPS) is 20.1. The third-order valence-corrected chi connectivity index (χ3v) is 7.25. The summed E-state index contributed by atoms with van der Waals surface area (Å²) in [6, 6.07) is 13.1. The van der Waals surface area contributed by atoms with E-state index in [1.54, 1.807) is 24.3 Å². The third-order valence-electron chi connectivity index (χ3n) is 5.37. The zero-order valence-corrected chi connectivity index (χ0v) is 17.0. The monoisotopic (exact) mass is 413 g/mol. The molecule has 1 N–H and O–H groups in total. The molecule has 1 fully saturated rings. The molecule has 4 rings (SSSR count). The molecule has 1 atom stereocenters. The molecule has 0 unspecified atom stereocenters. The summed E-state index contributed by atoms with van der Waals surface area (Å²) < 4.78 is 27.3. The van der Waals surface area contributed by atoms with Crippen molar-refractivity contribution in [1.82, 2.24) is 4.31 Å². The number of anilines is 2. The molecular formula is C21H23N3O4S. The molecule has 2 aromatic rings. The summed E-state index contributed by atoms with van der Waals surface area (Å²) in [7, 11) is -3.58. The highest BCUT2D eigenvalue weighted by Crippen LogP contribution is 2.30. The summed E-state index contributed by atoms with van der Waals surface area (Å²) in [4.78, 5) is 26.6. The second-order valence-corrected chi connectivity index (χ2v) is 9.53. The van der Waals surface area contributed by atoms with Crippen LogP contribution in [0.2, 0.25) is 0 Å². The Kier molecular flexibility index (Phi) is 5.14. The van der Waals surface area contributed by atoms with Gasteiger partial charge in [-0.2, -0.15) is 4.31 Å². The SMILES string of the molecule is C[C@H]1CCCN(S(=O)(=O)c2ccc(C(=O)N3CC(=O)Nc4ccccc43)cc2)C1. The highest BCUT2D eigenvalue weighted by atomic mass is 32.2. The van der Waals surface area contributed by atoms with Crippen molar-refractivity contribution in [2.45, 2.75) is 24.7 Å². The lowest BCUT2D eigenvalue weighted by atomic mass is 10.0. The molecule has 1 saturated heterocycles. The van der Waals surface area contributed by atoms with Crippen LogP contribution in [0.15, 0.2) is 53.4 Å². The van der Waals surface area contributed by atoms with Gasteiger partial charge in [-0.25, -0.2) is 8.42 Å². The summed E-state index contributed by atoms with van der Waals surface area (Å²) in [5.74, 6) is -0.275. The van der Waals surface area contributed by atoms with Crippen LogP contribution in [-0.2, 0) is 14.8 Å². The van der Waals surface area contributed by atoms with E-state index in [2.05, 4.69) is 12.2 Å². The number of sulfonamides is 1. The number of hydrogen-bond acceptors (Lipinski definition) is 4. The Balaban J connectivity index is 1.58. The van der Waals surface area contributed by atoms with Crippen LogP contribution in [0.5, 0.6) is 0 Å². The lowest BCUT2D eigenvalue weighted by Gasteiger charge is -2.30. The Hall–Kier alpha value is -2.71. The van der Waals surface area contributed by atoms with Crippen LogP contribution in [-0.4, -0.2) is 44.2 Å². The van der Waals surface area contributed by atoms with Gasteiger partial charge in [-0.3, -0.25) is 14.5 Å². The Morgan fingerprint density at radius 1 is 1.10 bits per heavy atom. The first-order chi connectivity index (χ1) is 13.9. The minimum atomic E-state index is -3.58. The van der Waals surface area contributed by atoms with Crippen molar-refractivity contribution in [2.24, 2.45) is 5.92 Å². The molecule has 0 aromatic heterocycles. The molecule has 2 aliphatic heterocycles. The van der Waals surface area contributed by atoms with E-state index in [1.807, 2.05) is 0 Å². The van der Waals surface area contributed by atoms with E-state index in [1.165, 1.54) is 33.5 Å². The van der Waals surface area contributed by atoms with Crippen molar-refractivity contribution in [3.05, 3.63) is 54.1 Å². The van der Waals surface area contributed by atoms with Crippen LogP contribution in [0, 0.1) is 5.92 Å². The van der Waals surface area contributed by atoms with Crippen molar-refractivity contribution in [1.29, 1.82) is 0 Å². The molecule has 0 saturated carbocycles. The molecule has 0 radical (unpaired) electrons. The largest absolute Gasteiger partial charge is 0.323 e. The molecule has 7 nitrogen and oxygen atoms in total. The van der Waals surface area contributed by atoms with Crippen molar-refractivity contribution in [3.8, 4) is 0 Å². The lowest BCUT2D eigenvalue weighted by molar-refractivity contribution is -0.115. The zero-order chi connectivity index (χ0) is 20.6. The van der Waals surface area contributed by atoms with Gasteiger partial charge in [-0.1, -0.05) is 19.1 Å². The van der Waals surface area contributed by atoms with Crippen LogP contribution in [0.3, 0.4) is 0 Å². The molecule has 0 spiro atoms. The smallest absolute Gasteiger partial charge is 0.258 e. The first-order valence-electron chi connectivity index (χ1n) is 9.67. The van der Waals surface area contributed by atoms with Gasteiger partial charge in [-0.15, -0.1) is 0 Å². The van der Waals surface area contributed by atoms with E-state index in [-0.39, 0.29) is 23.3 Å². The minimum absolute atomic E-state index is 0.0818. The van der Waals surface area contributed by atoms with Gasteiger partial charge >= 0.3 is 0 Å². The van der Waals surface area contributed by atoms with Crippen LogP contribution < -0.4 is 10.2 Å². The van der Waals surface area contributed by atoms with Gasteiger partial charge in [-0.05, 0) is 55.2 Å². The number of hydrogen-bond donors (Lipinski definition) is 1. The molecule has 0 aliphatic carbocycles. The molecule has 2 amide bonds. The van der Waals surface area contributed by atoms with Crippen molar-refractivity contribution < 1.29 is 18.0 Å². The van der Waals surface area contributed by atoms with E-state index in [4.69, 9.17) is 0 Å². The molecule has 2 aliphatic rings. The highest BCUT2D eigenvalue weighted by Gasteiger charge is 2.30. The predicted molar refractivity (Wildman–Crippen MR) is 110 cm³/mol. The van der Waals surface area contributed by atoms with Gasteiger partial charge in [0.1, 0.15) is 6.54 Å². The topological polar surface area (TPSA) is 86.8 Å². The van der Waals surface area contributed by atoms with E-state index in [9.17, 15) is 18.0 Å². The molecule has 8 heteroatoms. The first-order valence-corrected chi connectivity index (χ1v) is 11.1. The highest BCUT2D eigenvalue weighted by molar-refractivity contribution is 7.89. The van der Waals surface area contributed by atoms with Gasteiger partial charge in [0.05, 0.1) is 16.3 Å². The number of carbonyl (C=O) groups is 2. The maximum atomic E-state index is 13.0. The van der Waals surface area contributed by atoms with E-state index in [0.29, 0.717) is 35.9 Å². The van der Waals surface area contributed by atoms with Crippen molar-refractivity contribution >= 4 is 33.2 Å². The fraction of sp³-hybridized carbons (Fsp3) is 0.333. The molecule has 2 aromatic carbocycles. The fourth-order valence-electron chi connectivity index (χ4n) is 3.85. The number of nitrogens with one attached hydrogen (secondary N) is 1. The third kappa shape index (κ3) is 3.77. The zero-order valence-electron chi connectivity index (χ0n) is 16.2. The maximum Gasteiger partial charge on any atom is 0.258 e. The number of carbonyl (C=O) groups excluding carboxylic acids is 2. The van der Waals surface area contributed by atoms with Gasteiger partial charge < -0.3 is 5.32 Å². The van der Waals surface area contributed by atoms with Crippen LogP contribution in [0.25, 0.3) is 0 Å². The molecule has 2 heterocycles. The predicted octanol–water partition coefficient (Wildman–Crippen LogP) is 2.71. The summed E-state index contributed by atoms with van der Waals surface area (Å²) in [6.07, 6.45) is 1.89. The summed E-state index contributed by atoms with van der Waals surface area (Å²) in [6.45, 7) is 3.01. The number of benzene rings is 2. The number of rotatable bonds is 3. The average molecular weight is 413 g/mol. The van der Waals surface area contributed by atoms with E-state index >= 15 is 0 Å². The van der Waals surface area contributed by atoms with Gasteiger partial charge in [0, 0.05) is 18.7 Å². The Morgan fingerprint density at radius 2 is 1.83 bits per heavy atom. The van der Waals surface area contributed by atoms with Gasteiger partial charge in [0.15, 0.2) is 0 Å². The molecule has 0 bridgehead atoms. The summed E-state index contributed by atoms with van der Waals surface area (Å²) in [5.41, 5.74) is 1.53. The minimum Gasteiger partial charge on any atom is -0.323 e. The second-order valence-electron chi connectivity index (χ2n) is 7.59. The lowest BCUT2D eigenvalue weighted by Crippen LogP contribution is -2.42. The standard InChI is InChI=1S/C21H23N3O4S/c1-15-5-4-12-23(13-15)29(27,28)17-10-8-16(9-11-17)21(26)24-14-20(25)22-18-6-2-3-7-19(18)24/h2-3,6-11,15H,4-5,12-14H2,1H3,(H,22,25)/t15-/m0/s1. The fourth-order valence-corrected chi connectivity index (χ4v) is 5.45. The number of para-hydroxylation sites is 2. The second kappa shape index (κ2) is 7.61. The van der Waals surface area contributed by atoms with Crippen LogP contribution >= 0.6 is 0 Å². The van der Waals surface area contributed by atoms with Gasteiger partial charge in [0.2, 0.25) is 15.9 Å². The average Bonchev–Trinajstić information content (AvgIpc) is 2.72. The Bertz CT molecular complexity index is 1050. The molecule has 152 valence electrons.